The van der Waals surface area contributed by atoms with Crippen LogP contribution in [0.4, 0.5) is 8.78 Å². The molecule has 19 heavy (non-hydrogen) atoms. The number of nitrogen functional groups attached to an aromatic ring is 1. The van der Waals surface area contributed by atoms with E-state index >= 15 is 0 Å². The number of aromatic nitrogens is 1. The normalized spacial score (nSPS) is 10.3. The number of hydrogen-bond acceptors (Lipinski definition) is 5. The zero-order chi connectivity index (χ0) is 13.8. The summed E-state index contributed by atoms with van der Waals surface area (Å²) < 4.78 is 31.3. The van der Waals surface area contributed by atoms with Crippen LogP contribution >= 0.6 is 11.3 Å². The molecule has 1 heterocycles. The second kappa shape index (κ2) is 5.72. The van der Waals surface area contributed by atoms with E-state index in [9.17, 15) is 13.6 Å². The lowest BCUT2D eigenvalue weighted by molar-refractivity contribution is 0.0953. The van der Waals surface area contributed by atoms with Crippen LogP contribution in [0.1, 0.15) is 15.5 Å². The average Bonchev–Trinajstić information content (AvgIpc) is 2.88. The molecule has 0 atom stereocenters. The fraction of sp³-hybridized carbons (Fsp3) is 0.0909. The predicted molar refractivity (Wildman–Crippen MR) is 64.5 cm³/mol. The van der Waals surface area contributed by atoms with Crippen LogP contribution in [0.15, 0.2) is 23.6 Å². The van der Waals surface area contributed by atoms with Gasteiger partial charge in [-0.15, -0.1) is 11.3 Å². The van der Waals surface area contributed by atoms with Crippen LogP contribution in [0, 0.1) is 11.6 Å². The Hall–Kier alpha value is -2.06. The van der Waals surface area contributed by atoms with Crippen LogP contribution in [0.25, 0.3) is 0 Å². The Bertz CT molecular complexity index is 603. The molecule has 2 aromatic rings. The van der Waals surface area contributed by atoms with Gasteiger partial charge in [-0.05, 0) is 12.1 Å². The van der Waals surface area contributed by atoms with E-state index in [1.807, 2.05) is 5.43 Å². The summed E-state index contributed by atoms with van der Waals surface area (Å²) in [6.07, 6.45) is 0. The fourth-order valence-electron chi connectivity index (χ4n) is 1.29. The maximum Gasteiger partial charge on any atom is 0.294 e. The molecule has 8 heteroatoms. The standard InChI is InChI=1S/C11H9F2N3O2S/c12-7-2-1-3-8(9(7)13)18-4-6-5-19-11(15-6)10(17)16-14/h1-3,5H,4,14H2,(H,16,17). The van der Waals surface area contributed by atoms with Gasteiger partial charge >= 0.3 is 0 Å². The molecule has 0 fully saturated rings. The molecule has 5 nitrogen and oxygen atoms in total. The van der Waals surface area contributed by atoms with E-state index < -0.39 is 17.5 Å². The predicted octanol–water partition coefficient (Wildman–Crippen LogP) is 1.60. The van der Waals surface area contributed by atoms with Crippen molar-refractivity contribution >= 4 is 17.2 Å². The fourth-order valence-corrected chi connectivity index (χ4v) is 1.99. The van der Waals surface area contributed by atoms with Gasteiger partial charge in [0.2, 0.25) is 5.82 Å². The summed E-state index contributed by atoms with van der Waals surface area (Å²) in [6, 6.07) is 3.63. The minimum Gasteiger partial charge on any atom is -0.484 e. The number of carbonyl (C=O) groups is 1. The zero-order valence-electron chi connectivity index (χ0n) is 9.52. The first kappa shape index (κ1) is 13.4. The summed E-state index contributed by atoms with van der Waals surface area (Å²) in [7, 11) is 0. The van der Waals surface area contributed by atoms with Crippen molar-refractivity contribution in [2.24, 2.45) is 5.84 Å². The van der Waals surface area contributed by atoms with Gasteiger partial charge in [-0.3, -0.25) is 10.2 Å². The maximum absolute atomic E-state index is 13.3. The molecule has 1 amide bonds. The smallest absolute Gasteiger partial charge is 0.294 e. The van der Waals surface area contributed by atoms with Crippen molar-refractivity contribution in [3.8, 4) is 5.75 Å². The molecular formula is C11H9F2N3O2S. The third kappa shape index (κ3) is 3.04. The number of benzene rings is 1. The van der Waals surface area contributed by atoms with E-state index in [4.69, 9.17) is 10.6 Å². The van der Waals surface area contributed by atoms with Crippen LogP contribution in [-0.2, 0) is 6.61 Å². The van der Waals surface area contributed by atoms with Crippen molar-refractivity contribution in [3.63, 3.8) is 0 Å². The summed E-state index contributed by atoms with van der Waals surface area (Å²) in [5.74, 6) is 2.18. The molecule has 1 aromatic heterocycles. The first-order chi connectivity index (χ1) is 9.11. The van der Waals surface area contributed by atoms with Crippen LogP contribution in [0.3, 0.4) is 0 Å². The Morgan fingerprint density at radius 3 is 3.00 bits per heavy atom. The lowest BCUT2D eigenvalue weighted by Gasteiger charge is -2.05. The molecule has 0 aliphatic heterocycles. The van der Waals surface area contributed by atoms with E-state index in [0.717, 1.165) is 17.4 Å². The van der Waals surface area contributed by atoms with Gasteiger partial charge in [0.15, 0.2) is 16.6 Å². The van der Waals surface area contributed by atoms with Gasteiger partial charge in [0, 0.05) is 5.38 Å². The highest BCUT2D eigenvalue weighted by Crippen LogP contribution is 2.20. The molecule has 0 aliphatic rings. The first-order valence-corrected chi connectivity index (χ1v) is 6.02. The molecule has 0 saturated heterocycles. The highest BCUT2D eigenvalue weighted by molar-refractivity contribution is 7.11. The molecule has 3 N–H and O–H groups in total. The van der Waals surface area contributed by atoms with E-state index in [1.165, 1.54) is 12.1 Å². The Kier molecular flexibility index (Phi) is 4.03. The monoisotopic (exact) mass is 285 g/mol. The summed E-state index contributed by atoms with van der Waals surface area (Å²) >= 11 is 1.07. The van der Waals surface area contributed by atoms with Crippen LogP contribution in [-0.4, -0.2) is 10.9 Å². The average molecular weight is 285 g/mol. The molecule has 0 spiro atoms. The number of halogens is 2. The summed E-state index contributed by atoms with van der Waals surface area (Å²) in [5, 5.41) is 1.74. The molecule has 1 aromatic carbocycles. The van der Waals surface area contributed by atoms with Gasteiger partial charge in [0.25, 0.3) is 5.91 Å². The molecular weight excluding hydrogens is 276 g/mol. The van der Waals surface area contributed by atoms with Crippen molar-refractivity contribution in [2.45, 2.75) is 6.61 Å². The Balaban J connectivity index is 2.04. The van der Waals surface area contributed by atoms with Crippen LogP contribution < -0.4 is 16.0 Å². The zero-order valence-corrected chi connectivity index (χ0v) is 10.3. The van der Waals surface area contributed by atoms with Gasteiger partial charge in [0.05, 0.1) is 5.69 Å². The highest BCUT2D eigenvalue weighted by Gasteiger charge is 2.12. The molecule has 0 bridgehead atoms. The van der Waals surface area contributed by atoms with Crippen molar-refractivity contribution in [3.05, 3.63) is 45.9 Å². The first-order valence-electron chi connectivity index (χ1n) is 5.14. The molecule has 0 radical (unpaired) electrons. The second-order valence-electron chi connectivity index (χ2n) is 3.46. The third-order valence-corrected chi connectivity index (χ3v) is 3.06. The number of nitrogens with one attached hydrogen (secondary N) is 1. The summed E-state index contributed by atoms with van der Waals surface area (Å²) in [5.41, 5.74) is 2.37. The van der Waals surface area contributed by atoms with E-state index in [-0.39, 0.29) is 17.4 Å². The van der Waals surface area contributed by atoms with Crippen molar-refractivity contribution < 1.29 is 18.3 Å². The molecule has 0 saturated carbocycles. The number of ether oxygens (including phenoxy) is 1. The van der Waals surface area contributed by atoms with E-state index in [2.05, 4.69) is 4.98 Å². The molecule has 100 valence electrons. The van der Waals surface area contributed by atoms with Crippen LogP contribution in [0.5, 0.6) is 5.75 Å². The highest BCUT2D eigenvalue weighted by atomic mass is 32.1. The van der Waals surface area contributed by atoms with Gasteiger partial charge in [-0.25, -0.2) is 15.2 Å². The third-order valence-electron chi connectivity index (χ3n) is 2.17. The Morgan fingerprint density at radius 2 is 2.26 bits per heavy atom. The lowest BCUT2D eigenvalue weighted by atomic mass is 10.3. The minimum atomic E-state index is -1.06. The quantitative estimate of drug-likeness (QED) is 0.508. The summed E-state index contributed by atoms with van der Waals surface area (Å²) in [6.45, 7) is -0.0747. The van der Waals surface area contributed by atoms with E-state index in [0.29, 0.717) is 5.69 Å². The number of rotatable bonds is 4. The molecule has 2 rings (SSSR count). The van der Waals surface area contributed by atoms with Crippen molar-refractivity contribution in [2.75, 3.05) is 0 Å². The van der Waals surface area contributed by atoms with Crippen molar-refractivity contribution in [1.82, 2.24) is 10.4 Å². The number of amides is 1. The van der Waals surface area contributed by atoms with Crippen molar-refractivity contribution in [1.29, 1.82) is 0 Å². The van der Waals surface area contributed by atoms with Crippen LogP contribution in [0.2, 0.25) is 0 Å². The van der Waals surface area contributed by atoms with Gasteiger partial charge in [0.1, 0.15) is 6.61 Å². The number of carbonyl (C=O) groups excluding carboxylic acids is 1. The van der Waals surface area contributed by atoms with E-state index in [1.54, 1.807) is 5.38 Å². The van der Waals surface area contributed by atoms with Gasteiger partial charge in [-0.2, -0.15) is 4.39 Å². The lowest BCUT2D eigenvalue weighted by Crippen LogP contribution is -2.29. The van der Waals surface area contributed by atoms with Gasteiger partial charge in [-0.1, -0.05) is 6.07 Å². The second-order valence-corrected chi connectivity index (χ2v) is 4.32. The Morgan fingerprint density at radius 1 is 1.47 bits per heavy atom. The number of hydrazine groups is 1. The number of nitrogens with zero attached hydrogens (tertiary/aromatic N) is 1. The number of hydrogen-bond donors (Lipinski definition) is 2. The molecule has 0 unspecified atom stereocenters. The number of thiazole rings is 1. The Labute approximate surface area is 111 Å². The molecule has 0 aliphatic carbocycles. The largest absolute Gasteiger partial charge is 0.484 e. The maximum atomic E-state index is 13.3. The SMILES string of the molecule is NNC(=O)c1nc(COc2cccc(F)c2F)cs1. The minimum absolute atomic E-state index is 0.0747. The summed E-state index contributed by atoms with van der Waals surface area (Å²) in [4.78, 5) is 15.1. The topological polar surface area (TPSA) is 77.2 Å². The van der Waals surface area contributed by atoms with Gasteiger partial charge < -0.3 is 4.74 Å². The number of nitrogens with two attached hydrogens (primary N) is 1.